The molecule has 0 atom stereocenters. The van der Waals surface area contributed by atoms with Crippen LogP contribution in [0.4, 0.5) is 0 Å². The predicted octanol–water partition coefficient (Wildman–Crippen LogP) is 3.80. The molecule has 1 N–H and O–H groups in total. The molecule has 0 aliphatic carbocycles. The summed E-state index contributed by atoms with van der Waals surface area (Å²) in [6, 6.07) is 22.5. The summed E-state index contributed by atoms with van der Waals surface area (Å²) < 4.78 is 0. The van der Waals surface area contributed by atoms with Crippen LogP contribution in [0, 0.1) is 11.3 Å². The molecule has 1 aromatic heterocycles. The number of rotatable bonds is 6. The Balaban J connectivity index is 1.91. The number of thioether (sulfide) groups is 1. The molecule has 0 aliphatic rings. The van der Waals surface area contributed by atoms with Gasteiger partial charge in [-0.15, -0.1) is 0 Å². The molecular weight excluding hydrogens is 304 g/mol. The monoisotopic (exact) mass is 320 g/mol. The fourth-order valence-corrected chi connectivity index (χ4v) is 3.49. The maximum absolute atomic E-state index is 10.0. The molecule has 0 aliphatic heterocycles. The molecule has 1 heterocycles. The zero-order valence-electron chi connectivity index (χ0n) is 12.5. The summed E-state index contributed by atoms with van der Waals surface area (Å²) in [5.74, 6) is 0.770. The number of hydrogen-bond donors (Lipinski definition) is 1. The first kappa shape index (κ1) is 15.3. The largest absolute Gasteiger partial charge is 0.254 e. The minimum absolute atomic E-state index is 0.657. The molecule has 23 heavy (non-hydrogen) atoms. The van der Waals surface area contributed by atoms with E-state index in [2.05, 4.69) is 21.3 Å². The van der Waals surface area contributed by atoms with Gasteiger partial charge >= 0.3 is 0 Å². The van der Waals surface area contributed by atoms with E-state index < -0.39 is 5.41 Å². The van der Waals surface area contributed by atoms with Crippen molar-refractivity contribution >= 4 is 11.8 Å². The molecule has 3 rings (SSSR count). The van der Waals surface area contributed by atoms with Crippen molar-refractivity contribution < 1.29 is 0 Å². The Morgan fingerprint density at radius 2 is 1.61 bits per heavy atom. The van der Waals surface area contributed by atoms with Crippen LogP contribution in [0.5, 0.6) is 0 Å². The lowest BCUT2D eigenvalue weighted by molar-refractivity contribution is 0.637. The minimum atomic E-state index is -0.657. The SMILES string of the molecule is N#CC(CCSc1ncn[nH]1)(c1ccccc1)c1ccccc1. The molecule has 114 valence electrons. The summed E-state index contributed by atoms with van der Waals surface area (Å²) in [7, 11) is 0. The van der Waals surface area contributed by atoms with E-state index in [1.165, 1.54) is 6.33 Å². The fraction of sp³-hybridized carbons (Fsp3) is 0.167. The lowest BCUT2D eigenvalue weighted by Crippen LogP contribution is -2.26. The Bertz CT molecular complexity index is 724. The van der Waals surface area contributed by atoms with Gasteiger partial charge in [-0.05, 0) is 17.5 Å². The summed E-state index contributed by atoms with van der Waals surface area (Å²) in [6.45, 7) is 0. The van der Waals surface area contributed by atoms with Crippen molar-refractivity contribution in [3.05, 3.63) is 78.1 Å². The Morgan fingerprint density at radius 1 is 1.00 bits per heavy atom. The van der Waals surface area contributed by atoms with E-state index in [1.54, 1.807) is 11.8 Å². The van der Waals surface area contributed by atoms with Crippen molar-refractivity contribution in [3.63, 3.8) is 0 Å². The first-order valence-corrected chi connectivity index (χ1v) is 8.34. The molecule has 0 fully saturated rings. The van der Waals surface area contributed by atoms with Crippen molar-refractivity contribution in [1.29, 1.82) is 5.26 Å². The Hall–Kier alpha value is -2.58. The molecule has 0 unspecified atom stereocenters. The molecule has 3 aromatic rings. The molecule has 4 nitrogen and oxygen atoms in total. The number of nitrogens with zero attached hydrogens (tertiary/aromatic N) is 3. The van der Waals surface area contributed by atoms with E-state index in [0.717, 1.165) is 22.0 Å². The fourth-order valence-electron chi connectivity index (χ4n) is 2.65. The minimum Gasteiger partial charge on any atom is -0.254 e. The molecule has 0 bridgehead atoms. The summed E-state index contributed by atoms with van der Waals surface area (Å²) in [5, 5.41) is 17.5. The quantitative estimate of drug-likeness (QED) is 0.702. The van der Waals surface area contributed by atoms with E-state index in [1.807, 2.05) is 60.7 Å². The topological polar surface area (TPSA) is 65.4 Å². The third-order valence-electron chi connectivity index (χ3n) is 3.83. The van der Waals surface area contributed by atoms with Gasteiger partial charge in [0, 0.05) is 5.75 Å². The number of nitrogens with one attached hydrogen (secondary N) is 1. The highest BCUT2D eigenvalue weighted by Crippen LogP contribution is 2.36. The Kier molecular flexibility index (Phi) is 4.74. The first-order valence-electron chi connectivity index (χ1n) is 7.35. The van der Waals surface area contributed by atoms with Crippen molar-refractivity contribution in [1.82, 2.24) is 15.2 Å². The average Bonchev–Trinajstić information content (AvgIpc) is 3.14. The van der Waals surface area contributed by atoms with E-state index in [-0.39, 0.29) is 0 Å². The molecule has 5 heteroatoms. The van der Waals surface area contributed by atoms with Crippen molar-refractivity contribution in [2.24, 2.45) is 0 Å². The second kappa shape index (κ2) is 7.12. The van der Waals surface area contributed by atoms with Gasteiger partial charge in [0.25, 0.3) is 0 Å². The zero-order chi connectivity index (χ0) is 16.0. The van der Waals surface area contributed by atoms with Gasteiger partial charge in [0.05, 0.1) is 6.07 Å². The highest BCUT2D eigenvalue weighted by Gasteiger charge is 2.34. The van der Waals surface area contributed by atoms with Crippen molar-refractivity contribution in [2.45, 2.75) is 17.0 Å². The highest BCUT2D eigenvalue weighted by atomic mass is 32.2. The van der Waals surface area contributed by atoms with Gasteiger partial charge in [0.15, 0.2) is 5.16 Å². The van der Waals surface area contributed by atoms with E-state index in [9.17, 15) is 5.26 Å². The van der Waals surface area contributed by atoms with E-state index in [0.29, 0.717) is 6.42 Å². The van der Waals surface area contributed by atoms with Gasteiger partial charge in [-0.3, -0.25) is 5.10 Å². The predicted molar refractivity (Wildman–Crippen MR) is 91.0 cm³/mol. The van der Waals surface area contributed by atoms with E-state index >= 15 is 0 Å². The lowest BCUT2D eigenvalue weighted by atomic mass is 9.74. The van der Waals surface area contributed by atoms with Gasteiger partial charge in [-0.25, -0.2) is 4.98 Å². The molecule has 0 amide bonds. The van der Waals surface area contributed by atoms with Crippen LogP contribution in [-0.2, 0) is 5.41 Å². The van der Waals surface area contributed by atoms with Crippen LogP contribution in [-0.4, -0.2) is 20.9 Å². The third-order valence-corrected chi connectivity index (χ3v) is 4.71. The molecule has 0 saturated heterocycles. The maximum atomic E-state index is 10.0. The van der Waals surface area contributed by atoms with Crippen molar-refractivity contribution in [3.8, 4) is 6.07 Å². The summed E-state index contributed by atoms with van der Waals surface area (Å²) in [4.78, 5) is 4.12. The molecule has 0 radical (unpaired) electrons. The summed E-state index contributed by atoms with van der Waals surface area (Å²) in [5.41, 5.74) is 1.38. The molecule has 0 saturated carbocycles. The van der Waals surface area contributed by atoms with Gasteiger partial charge < -0.3 is 0 Å². The molecule has 2 aromatic carbocycles. The highest BCUT2D eigenvalue weighted by molar-refractivity contribution is 7.99. The Morgan fingerprint density at radius 3 is 2.09 bits per heavy atom. The van der Waals surface area contributed by atoms with Crippen LogP contribution in [0.3, 0.4) is 0 Å². The number of nitriles is 1. The third kappa shape index (κ3) is 3.27. The van der Waals surface area contributed by atoms with E-state index in [4.69, 9.17) is 0 Å². The number of aromatic nitrogens is 3. The van der Waals surface area contributed by atoms with Crippen LogP contribution in [0.1, 0.15) is 17.5 Å². The standard InChI is InChI=1S/C18H16N4S/c19-13-18(15-7-3-1-4-8-15,16-9-5-2-6-10-16)11-12-23-17-20-14-21-22-17/h1-10,14H,11-12H2,(H,20,21,22). The van der Waals surface area contributed by atoms with Crippen LogP contribution in [0.2, 0.25) is 0 Å². The zero-order valence-corrected chi connectivity index (χ0v) is 13.3. The Labute approximate surface area is 139 Å². The molecular formula is C18H16N4S. The molecule has 0 spiro atoms. The number of aromatic amines is 1. The second-order valence-electron chi connectivity index (χ2n) is 5.14. The van der Waals surface area contributed by atoms with Crippen LogP contribution in [0.15, 0.2) is 72.1 Å². The number of H-pyrrole nitrogens is 1. The summed E-state index contributed by atoms with van der Waals surface area (Å²) >= 11 is 1.58. The van der Waals surface area contributed by atoms with Gasteiger partial charge in [-0.1, -0.05) is 72.4 Å². The first-order chi connectivity index (χ1) is 11.3. The lowest BCUT2D eigenvalue weighted by Gasteiger charge is -2.27. The number of hydrogen-bond acceptors (Lipinski definition) is 4. The number of benzene rings is 2. The van der Waals surface area contributed by atoms with Gasteiger partial charge in [0.2, 0.25) is 0 Å². The van der Waals surface area contributed by atoms with Crippen LogP contribution < -0.4 is 0 Å². The normalized spacial score (nSPS) is 11.1. The summed E-state index contributed by atoms with van der Waals surface area (Å²) in [6.07, 6.45) is 2.19. The van der Waals surface area contributed by atoms with Crippen LogP contribution in [0.25, 0.3) is 0 Å². The second-order valence-corrected chi connectivity index (χ2v) is 6.22. The van der Waals surface area contributed by atoms with Crippen molar-refractivity contribution in [2.75, 3.05) is 5.75 Å². The van der Waals surface area contributed by atoms with Gasteiger partial charge in [0.1, 0.15) is 11.7 Å². The van der Waals surface area contributed by atoms with Crippen LogP contribution >= 0.6 is 11.8 Å². The van der Waals surface area contributed by atoms with Gasteiger partial charge in [-0.2, -0.15) is 10.4 Å². The maximum Gasteiger partial charge on any atom is 0.183 e. The smallest absolute Gasteiger partial charge is 0.183 e. The average molecular weight is 320 g/mol.